The third kappa shape index (κ3) is 4.65. The highest BCUT2D eigenvalue weighted by Crippen LogP contribution is 2.21. The lowest BCUT2D eigenvalue weighted by atomic mass is 10.1. The van der Waals surface area contributed by atoms with Crippen molar-refractivity contribution in [2.75, 3.05) is 40.3 Å². The first kappa shape index (κ1) is 21.5. The Balaban J connectivity index is 1.59. The molecular formula is C25H33N5O. The number of aromatic nitrogens is 2. The SMILES string of the molecule is Cc1cccn2c(CN3CCN(C)C(C)C3)c(C(=O)N(C)CCc3ccccc3)nc12. The number of carbonyl (C=O) groups is 1. The quantitative estimate of drug-likeness (QED) is 0.616. The first-order valence-corrected chi connectivity index (χ1v) is 11.1. The monoisotopic (exact) mass is 419 g/mol. The molecule has 1 unspecified atom stereocenters. The minimum atomic E-state index is -0.00351. The van der Waals surface area contributed by atoms with Crippen LogP contribution in [-0.2, 0) is 13.0 Å². The van der Waals surface area contributed by atoms with Gasteiger partial charge in [0.05, 0.1) is 5.69 Å². The second-order valence-electron chi connectivity index (χ2n) is 8.82. The highest BCUT2D eigenvalue weighted by Gasteiger charge is 2.27. The molecular weight excluding hydrogens is 386 g/mol. The van der Waals surface area contributed by atoms with Gasteiger partial charge in [0.25, 0.3) is 5.91 Å². The van der Waals surface area contributed by atoms with Gasteiger partial charge in [0.2, 0.25) is 0 Å². The van der Waals surface area contributed by atoms with E-state index in [4.69, 9.17) is 4.98 Å². The molecule has 0 aliphatic carbocycles. The number of aryl methyl sites for hydroxylation is 1. The van der Waals surface area contributed by atoms with Crippen LogP contribution in [0.1, 0.15) is 34.2 Å². The molecule has 0 N–H and O–H groups in total. The van der Waals surface area contributed by atoms with Crippen LogP contribution < -0.4 is 0 Å². The van der Waals surface area contributed by atoms with Crippen LogP contribution in [0.3, 0.4) is 0 Å². The van der Waals surface area contributed by atoms with Crippen LogP contribution in [0, 0.1) is 6.92 Å². The summed E-state index contributed by atoms with van der Waals surface area (Å²) in [7, 11) is 4.06. The number of carbonyl (C=O) groups excluding carboxylic acids is 1. The lowest BCUT2D eigenvalue weighted by Crippen LogP contribution is -2.49. The second-order valence-corrected chi connectivity index (χ2v) is 8.82. The molecule has 6 nitrogen and oxygen atoms in total. The van der Waals surface area contributed by atoms with Gasteiger partial charge in [-0.15, -0.1) is 0 Å². The highest BCUT2D eigenvalue weighted by atomic mass is 16.2. The molecule has 1 aliphatic rings. The second kappa shape index (κ2) is 9.20. The van der Waals surface area contributed by atoms with Crippen LogP contribution >= 0.6 is 0 Å². The summed E-state index contributed by atoms with van der Waals surface area (Å²) in [5.41, 5.74) is 4.77. The van der Waals surface area contributed by atoms with Crippen molar-refractivity contribution < 1.29 is 4.79 Å². The summed E-state index contributed by atoms with van der Waals surface area (Å²) in [4.78, 5) is 24.9. The molecule has 1 fully saturated rings. The molecule has 1 aliphatic heterocycles. The summed E-state index contributed by atoms with van der Waals surface area (Å²) in [6.45, 7) is 8.74. The van der Waals surface area contributed by atoms with E-state index in [0.29, 0.717) is 18.3 Å². The number of amides is 1. The van der Waals surface area contributed by atoms with Crippen molar-refractivity contribution >= 4 is 11.6 Å². The summed E-state index contributed by atoms with van der Waals surface area (Å²) >= 11 is 0. The third-order valence-electron chi connectivity index (χ3n) is 6.49. The molecule has 2 aromatic heterocycles. The summed E-state index contributed by atoms with van der Waals surface area (Å²) in [5.74, 6) is -0.00351. The third-order valence-corrected chi connectivity index (χ3v) is 6.49. The van der Waals surface area contributed by atoms with Gasteiger partial charge in [-0.2, -0.15) is 0 Å². The molecule has 31 heavy (non-hydrogen) atoms. The van der Waals surface area contributed by atoms with Gasteiger partial charge >= 0.3 is 0 Å². The Bertz CT molecular complexity index is 1040. The van der Waals surface area contributed by atoms with Crippen molar-refractivity contribution in [3.8, 4) is 0 Å². The Kier molecular flexibility index (Phi) is 6.39. The number of imidazole rings is 1. The zero-order chi connectivity index (χ0) is 22.0. The molecule has 6 heteroatoms. The van der Waals surface area contributed by atoms with Crippen LogP contribution in [-0.4, -0.2) is 76.3 Å². The minimum Gasteiger partial charge on any atom is -0.340 e. The molecule has 0 radical (unpaired) electrons. The maximum Gasteiger partial charge on any atom is 0.274 e. The average molecular weight is 420 g/mol. The van der Waals surface area contributed by atoms with E-state index in [1.807, 2.05) is 37.5 Å². The number of likely N-dealkylation sites (N-methyl/N-ethyl adjacent to an activating group) is 2. The minimum absolute atomic E-state index is 0.00351. The Hall–Kier alpha value is -2.70. The number of nitrogens with zero attached hydrogens (tertiary/aromatic N) is 5. The van der Waals surface area contributed by atoms with Gasteiger partial charge in [-0.3, -0.25) is 9.69 Å². The lowest BCUT2D eigenvalue weighted by molar-refractivity contribution is 0.0782. The molecule has 4 rings (SSSR count). The molecule has 3 heterocycles. The fourth-order valence-corrected chi connectivity index (χ4v) is 4.28. The number of piperazine rings is 1. The van der Waals surface area contributed by atoms with E-state index in [-0.39, 0.29) is 5.91 Å². The van der Waals surface area contributed by atoms with Crippen molar-refractivity contribution in [2.45, 2.75) is 32.9 Å². The number of rotatable bonds is 6. The molecule has 164 valence electrons. The van der Waals surface area contributed by atoms with E-state index in [1.165, 1.54) is 5.56 Å². The molecule has 3 aromatic rings. The van der Waals surface area contributed by atoms with Crippen LogP contribution in [0.4, 0.5) is 0 Å². The van der Waals surface area contributed by atoms with E-state index in [0.717, 1.165) is 49.5 Å². The summed E-state index contributed by atoms with van der Waals surface area (Å²) < 4.78 is 2.11. The molecule has 1 aromatic carbocycles. The highest BCUT2D eigenvalue weighted by molar-refractivity contribution is 5.94. The zero-order valence-corrected chi connectivity index (χ0v) is 19.1. The lowest BCUT2D eigenvalue weighted by Gasteiger charge is -2.37. The maximum absolute atomic E-state index is 13.4. The topological polar surface area (TPSA) is 44.1 Å². The van der Waals surface area contributed by atoms with Crippen LogP contribution in [0.25, 0.3) is 5.65 Å². The van der Waals surface area contributed by atoms with Crippen molar-refractivity contribution in [1.29, 1.82) is 0 Å². The molecule has 0 spiro atoms. The van der Waals surface area contributed by atoms with Gasteiger partial charge in [0.15, 0.2) is 5.69 Å². The van der Waals surface area contributed by atoms with Gasteiger partial charge in [-0.1, -0.05) is 36.4 Å². The van der Waals surface area contributed by atoms with Crippen LogP contribution in [0.2, 0.25) is 0 Å². The normalized spacial score (nSPS) is 17.9. The summed E-state index contributed by atoms with van der Waals surface area (Å²) in [6, 6.07) is 14.9. The van der Waals surface area contributed by atoms with Crippen molar-refractivity contribution in [1.82, 2.24) is 24.1 Å². The van der Waals surface area contributed by atoms with Gasteiger partial charge in [-0.25, -0.2) is 4.98 Å². The van der Waals surface area contributed by atoms with E-state index in [2.05, 4.69) is 53.3 Å². The molecule has 0 saturated carbocycles. The number of fused-ring (bicyclic) bond motifs is 1. The first-order valence-electron chi connectivity index (χ1n) is 11.1. The first-order chi connectivity index (χ1) is 14.9. The summed E-state index contributed by atoms with van der Waals surface area (Å²) in [5, 5.41) is 0. The van der Waals surface area contributed by atoms with Crippen molar-refractivity contribution in [3.05, 3.63) is 71.2 Å². The number of pyridine rings is 1. The van der Waals surface area contributed by atoms with Gasteiger partial charge in [-0.05, 0) is 44.5 Å². The number of hydrogen-bond acceptors (Lipinski definition) is 4. The van der Waals surface area contributed by atoms with Gasteiger partial charge in [0, 0.05) is 52.0 Å². The zero-order valence-electron chi connectivity index (χ0n) is 19.1. The van der Waals surface area contributed by atoms with E-state index in [1.54, 1.807) is 4.90 Å². The standard InChI is InChI=1S/C25H33N5O/c1-19-9-8-13-30-22(18-29-16-15-27(3)20(2)17-29)23(26-24(19)30)25(31)28(4)14-12-21-10-6-5-7-11-21/h5-11,13,20H,12,14-18H2,1-4H3. The predicted octanol–water partition coefficient (Wildman–Crippen LogP) is 3.09. The van der Waals surface area contributed by atoms with Gasteiger partial charge in [0.1, 0.15) is 5.65 Å². The van der Waals surface area contributed by atoms with Gasteiger partial charge < -0.3 is 14.2 Å². The molecule has 0 bridgehead atoms. The van der Waals surface area contributed by atoms with E-state index in [9.17, 15) is 4.79 Å². The Morgan fingerprint density at radius 2 is 1.94 bits per heavy atom. The fraction of sp³-hybridized carbons (Fsp3) is 0.440. The Labute approximate surface area is 185 Å². The Morgan fingerprint density at radius 1 is 1.16 bits per heavy atom. The smallest absolute Gasteiger partial charge is 0.274 e. The van der Waals surface area contributed by atoms with Crippen molar-refractivity contribution in [2.24, 2.45) is 0 Å². The predicted molar refractivity (Wildman–Crippen MR) is 124 cm³/mol. The average Bonchev–Trinajstić information content (AvgIpc) is 3.14. The number of benzene rings is 1. The fourth-order valence-electron chi connectivity index (χ4n) is 4.28. The molecule has 1 saturated heterocycles. The van der Waals surface area contributed by atoms with Crippen molar-refractivity contribution in [3.63, 3.8) is 0 Å². The maximum atomic E-state index is 13.4. The largest absolute Gasteiger partial charge is 0.340 e. The summed E-state index contributed by atoms with van der Waals surface area (Å²) in [6.07, 6.45) is 2.87. The Morgan fingerprint density at radius 3 is 2.68 bits per heavy atom. The van der Waals surface area contributed by atoms with Crippen LogP contribution in [0.5, 0.6) is 0 Å². The van der Waals surface area contributed by atoms with E-state index >= 15 is 0 Å². The molecule has 1 amide bonds. The number of hydrogen-bond donors (Lipinski definition) is 0. The van der Waals surface area contributed by atoms with E-state index < -0.39 is 0 Å². The molecule has 1 atom stereocenters. The van der Waals surface area contributed by atoms with Crippen LogP contribution in [0.15, 0.2) is 48.7 Å².